The third-order valence-corrected chi connectivity index (χ3v) is 3.59. The Hall–Kier alpha value is -1.56. The Morgan fingerprint density at radius 3 is 2.55 bits per heavy atom. The van der Waals surface area contributed by atoms with E-state index in [-0.39, 0.29) is 23.5 Å². The highest BCUT2D eigenvalue weighted by Gasteiger charge is 2.36. The maximum Gasteiger partial charge on any atom is 0.416 e. The van der Waals surface area contributed by atoms with Gasteiger partial charge in [0.2, 0.25) is 0 Å². The largest absolute Gasteiger partial charge is 0.469 e. The number of alkyl halides is 3. The molecule has 0 aliphatic carbocycles. The highest BCUT2D eigenvalue weighted by atomic mass is 19.4. The molecule has 0 aromatic heterocycles. The lowest BCUT2D eigenvalue weighted by Gasteiger charge is -2.30. The van der Waals surface area contributed by atoms with Gasteiger partial charge in [0.05, 0.1) is 18.6 Å². The fourth-order valence-corrected chi connectivity index (χ4v) is 2.55. The van der Waals surface area contributed by atoms with Crippen LogP contribution in [0, 0.1) is 5.92 Å². The average molecular weight is 287 g/mol. The van der Waals surface area contributed by atoms with Gasteiger partial charge in [0.15, 0.2) is 0 Å². The van der Waals surface area contributed by atoms with Crippen molar-refractivity contribution in [2.24, 2.45) is 5.92 Å². The summed E-state index contributed by atoms with van der Waals surface area (Å²) in [5.74, 6) is -0.602. The molecule has 1 aliphatic rings. The zero-order chi connectivity index (χ0) is 14.8. The Bertz CT molecular complexity index is 480. The van der Waals surface area contributed by atoms with Crippen LogP contribution in [-0.4, -0.2) is 19.6 Å². The van der Waals surface area contributed by atoms with Crippen LogP contribution < -0.4 is 5.32 Å². The van der Waals surface area contributed by atoms with E-state index >= 15 is 0 Å². The van der Waals surface area contributed by atoms with Crippen molar-refractivity contribution in [1.82, 2.24) is 5.32 Å². The van der Waals surface area contributed by atoms with Crippen LogP contribution in [0.25, 0.3) is 0 Å². The molecule has 0 amide bonds. The molecule has 2 atom stereocenters. The van der Waals surface area contributed by atoms with Crippen molar-refractivity contribution < 1.29 is 22.7 Å². The summed E-state index contributed by atoms with van der Waals surface area (Å²) in [6.45, 7) is 0.337. The summed E-state index contributed by atoms with van der Waals surface area (Å²) in [4.78, 5) is 11.4. The lowest BCUT2D eigenvalue weighted by atomic mass is 9.89. The lowest BCUT2D eigenvalue weighted by Crippen LogP contribution is -2.38. The van der Waals surface area contributed by atoms with Gasteiger partial charge in [-0.05, 0) is 24.5 Å². The van der Waals surface area contributed by atoms with E-state index < -0.39 is 11.7 Å². The quantitative estimate of drug-likeness (QED) is 0.850. The molecular formula is C14H16F3NO2. The van der Waals surface area contributed by atoms with E-state index in [0.717, 1.165) is 6.07 Å². The smallest absolute Gasteiger partial charge is 0.416 e. The second-order valence-electron chi connectivity index (χ2n) is 4.84. The fraction of sp³-hybridized carbons (Fsp3) is 0.500. The first-order chi connectivity index (χ1) is 9.43. The van der Waals surface area contributed by atoms with Crippen molar-refractivity contribution in [3.63, 3.8) is 0 Å². The van der Waals surface area contributed by atoms with Gasteiger partial charge < -0.3 is 10.1 Å². The molecule has 0 bridgehead atoms. The summed E-state index contributed by atoms with van der Waals surface area (Å²) in [6.07, 6.45) is -3.36. The van der Waals surface area contributed by atoms with Gasteiger partial charge in [0.25, 0.3) is 0 Å². The number of nitrogens with one attached hydrogen (secondary N) is 1. The Labute approximate surface area is 115 Å². The van der Waals surface area contributed by atoms with Gasteiger partial charge >= 0.3 is 12.1 Å². The third-order valence-electron chi connectivity index (χ3n) is 3.59. The van der Waals surface area contributed by atoms with Gasteiger partial charge in [0.1, 0.15) is 0 Å². The van der Waals surface area contributed by atoms with E-state index in [1.807, 2.05) is 0 Å². The number of carbonyl (C=O) groups is 1. The van der Waals surface area contributed by atoms with E-state index in [2.05, 4.69) is 10.1 Å². The number of halogens is 3. The second-order valence-corrected chi connectivity index (χ2v) is 4.84. The molecule has 0 saturated carbocycles. The molecule has 2 unspecified atom stereocenters. The molecule has 1 heterocycles. The zero-order valence-electron chi connectivity index (χ0n) is 11.0. The minimum atomic E-state index is -4.36. The Morgan fingerprint density at radius 1 is 1.30 bits per heavy atom. The molecule has 1 fully saturated rings. The van der Waals surface area contributed by atoms with Gasteiger partial charge in [-0.15, -0.1) is 0 Å². The number of hydrogen-bond acceptors (Lipinski definition) is 3. The van der Waals surface area contributed by atoms with Gasteiger partial charge in [-0.2, -0.15) is 13.2 Å². The van der Waals surface area contributed by atoms with Gasteiger partial charge in [-0.1, -0.05) is 18.2 Å². The maximum atomic E-state index is 13.0. The standard InChI is InChI=1S/C14H16F3NO2/c1-20-13(19)9-6-7-12(18-8-9)10-4-2-3-5-11(10)14(15,16)17/h2-5,9,12,18H,6-8H2,1H3. The zero-order valence-corrected chi connectivity index (χ0v) is 11.0. The van der Waals surface area contributed by atoms with Crippen molar-refractivity contribution >= 4 is 5.97 Å². The van der Waals surface area contributed by atoms with Crippen LogP contribution in [0.1, 0.15) is 30.0 Å². The first-order valence-corrected chi connectivity index (χ1v) is 6.41. The van der Waals surface area contributed by atoms with E-state index in [9.17, 15) is 18.0 Å². The van der Waals surface area contributed by atoms with E-state index in [0.29, 0.717) is 19.4 Å². The normalized spacial score (nSPS) is 23.4. The average Bonchev–Trinajstić information content (AvgIpc) is 2.46. The first-order valence-electron chi connectivity index (χ1n) is 6.41. The summed E-state index contributed by atoms with van der Waals surface area (Å²) in [6, 6.07) is 5.17. The maximum absolute atomic E-state index is 13.0. The third kappa shape index (κ3) is 3.12. The topological polar surface area (TPSA) is 38.3 Å². The Kier molecular flexibility index (Phi) is 4.32. The number of hydrogen-bond donors (Lipinski definition) is 1. The van der Waals surface area contributed by atoms with Crippen LogP contribution in [0.2, 0.25) is 0 Å². The van der Waals surface area contributed by atoms with Crippen molar-refractivity contribution in [1.29, 1.82) is 0 Å². The molecule has 1 aliphatic heterocycles. The summed E-state index contributed by atoms with van der Waals surface area (Å²) in [5, 5.41) is 3.01. The minimum absolute atomic E-state index is 0.239. The van der Waals surface area contributed by atoms with Crippen LogP contribution in [0.15, 0.2) is 24.3 Å². The molecule has 1 saturated heterocycles. The first kappa shape index (κ1) is 14.8. The molecular weight excluding hydrogens is 271 g/mol. The number of esters is 1. The highest BCUT2D eigenvalue weighted by Crippen LogP contribution is 2.37. The molecule has 6 heteroatoms. The SMILES string of the molecule is COC(=O)C1CCC(c2ccccc2C(F)(F)F)NC1. The van der Waals surface area contributed by atoms with Crippen molar-refractivity contribution in [2.75, 3.05) is 13.7 Å². The van der Waals surface area contributed by atoms with Crippen LogP contribution in [0.5, 0.6) is 0 Å². The number of benzene rings is 1. The predicted octanol–water partition coefficient (Wildman–Crippen LogP) is 2.92. The Balaban J connectivity index is 2.13. The number of ether oxygens (including phenoxy) is 1. The molecule has 3 nitrogen and oxygen atoms in total. The van der Waals surface area contributed by atoms with Crippen molar-refractivity contribution in [3.05, 3.63) is 35.4 Å². The summed E-state index contributed by atoms with van der Waals surface area (Å²) < 4.78 is 43.5. The highest BCUT2D eigenvalue weighted by molar-refractivity contribution is 5.72. The summed E-state index contributed by atoms with van der Waals surface area (Å²) in [7, 11) is 1.31. The van der Waals surface area contributed by atoms with E-state index in [1.54, 1.807) is 6.07 Å². The lowest BCUT2D eigenvalue weighted by molar-refractivity contribution is -0.146. The molecule has 1 aromatic carbocycles. The van der Waals surface area contributed by atoms with Gasteiger partial charge in [-0.3, -0.25) is 4.79 Å². The molecule has 0 spiro atoms. The number of methoxy groups -OCH3 is 1. The van der Waals surface area contributed by atoms with Gasteiger partial charge in [-0.25, -0.2) is 0 Å². The molecule has 2 rings (SSSR count). The van der Waals surface area contributed by atoms with Gasteiger partial charge in [0, 0.05) is 12.6 Å². The molecule has 20 heavy (non-hydrogen) atoms. The van der Waals surface area contributed by atoms with Crippen LogP contribution in [0.4, 0.5) is 13.2 Å². The van der Waals surface area contributed by atoms with E-state index in [4.69, 9.17) is 0 Å². The van der Waals surface area contributed by atoms with Crippen LogP contribution in [0.3, 0.4) is 0 Å². The Morgan fingerprint density at radius 2 is 2.00 bits per heavy atom. The van der Waals surface area contributed by atoms with E-state index in [1.165, 1.54) is 19.2 Å². The van der Waals surface area contributed by atoms with Crippen LogP contribution >= 0.6 is 0 Å². The predicted molar refractivity (Wildman–Crippen MR) is 66.9 cm³/mol. The minimum Gasteiger partial charge on any atom is -0.469 e. The second kappa shape index (κ2) is 5.83. The molecule has 1 aromatic rings. The summed E-state index contributed by atoms with van der Waals surface area (Å²) >= 11 is 0. The monoisotopic (exact) mass is 287 g/mol. The number of carbonyl (C=O) groups excluding carboxylic acids is 1. The number of piperidine rings is 1. The fourth-order valence-electron chi connectivity index (χ4n) is 2.55. The molecule has 110 valence electrons. The van der Waals surface area contributed by atoms with Crippen LogP contribution in [-0.2, 0) is 15.7 Å². The van der Waals surface area contributed by atoms with Crippen molar-refractivity contribution in [2.45, 2.75) is 25.1 Å². The summed E-state index contributed by atoms with van der Waals surface area (Å²) in [5.41, 5.74) is -0.377. The molecule has 1 N–H and O–H groups in total. The number of rotatable bonds is 2. The van der Waals surface area contributed by atoms with Crippen molar-refractivity contribution in [3.8, 4) is 0 Å². The molecule has 0 radical (unpaired) electrons.